The summed E-state index contributed by atoms with van der Waals surface area (Å²) in [5, 5.41) is 13.9. The fourth-order valence-electron chi connectivity index (χ4n) is 9.04. The van der Waals surface area contributed by atoms with Crippen LogP contribution < -0.4 is 61.0 Å². The molecular weight excluding hydrogens is 981 g/mol. The Morgan fingerprint density at radius 3 is 2.03 bits per heavy atom. The summed E-state index contributed by atoms with van der Waals surface area (Å²) < 4.78 is 0. The van der Waals surface area contributed by atoms with Crippen LogP contribution in [0.25, 0.3) is 10.9 Å². The fourth-order valence-corrected chi connectivity index (χ4v) is 9.04. The van der Waals surface area contributed by atoms with Crippen molar-refractivity contribution in [1.29, 1.82) is 0 Å². The van der Waals surface area contributed by atoms with Gasteiger partial charge in [0.15, 0.2) is 17.7 Å². The number of rotatable bonds is 18. The van der Waals surface area contributed by atoms with E-state index in [9.17, 15) is 47.9 Å². The summed E-state index contributed by atoms with van der Waals surface area (Å²) in [5.41, 5.74) is 36.4. The van der Waals surface area contributed by atoms with Crippen LogP contribution in [0, 0.1) is 18.8 Å². The Morgan fingerprint density at radius 1 is 0.697 bits per heavy atom. The second kappa shape index (κ2) is 30.3. The molecule has 18 N–H and O–H groups in total. The molecule has 0 spiro atoms. The molecule has 24 nitrogen and oxygen atoms in total. The maximum Gasteiger partial charge on any atom is 0.243 e. The number of amides is 7. The number of primary amides is 2. The Bertz CT molecular complexity index is 2620. The van der Waals surface area contributed by atoms with E-state index in [2.05, 4.69) is 41.6 Å². The molecule has 7 amide bonds. The molecule has 76 heavy (non-hydrogen) atoms. The molecule has 1 fully saturated rings. The molecule has 0 saturated carbocycles. The fraction of sp³-hybridized carbons (Fsp3) is 0.500. The van der Waals surface area contributed by atoms with Gasteiger partial charge < -0.3 is 66.0 Å². The SMILES string of the molecule is CC(=O)N[C@@H](CCCN=C(N)N)C(=O)N[C@H]1CCCCC(=O)CC[C@@H](C(N)=O)NC(=O)[C@H](Cc2c[nH]c3ccccc23)CC(=O)[C@H](CCCN=C(N)N)CC(=O)[C@@H](Cc2ccccc2C)NC(=O)[C@H](CC(N)=O)NC1=O. The highest BCUT2D eigenvalue weighted by molar-refractivity contribution is 5.99. The monoisotopic (exact) mass is 1050 g/mol. The van der Waals surface area contributed by atoms with Crippen LogP contribution >= 0.6 is 0 Å². The molecule has 2 aromatic carbocycles. The van der Waals surface area contributed by atoms with Crippen molar-refractivity contribution in [2.24, 2.45) is 56.2 Å². The number of Topliss-reactive ketones (excluding diaryl/α,β-unsaturated/α-hetero) is 3. The first kappa shape index (κ1) is 60.4. The number of nitrogens with one attached hydrogen (secondary N) is 6. The first-order chi connectivity index (χ1) is 36.1. The topological polar surface area (TPSA) is 427 Å². The summed E-state index contributed by atoms with van der Waals surface area (Å²) in [6.45, 7) is 3.21. The molecule has 3 aromatic rings. The van der Waals surface area contributed by atoms with E-state index in [0.29, 0.717) is 11.1 Å². The number of aromatic amines is 1. The normalized spacial score (nSPS) is 21.2. The number of ketones is 3. The third-order valence-corrected chi connectivity index (χ3v) is 13.1. The number of carbonyl (C=O) groups excluding carboxylic acids is 10. The van der Waals surface area contributed by atoms with Crippen LogP contribution in [0.3, 0.4) is 0 Å². The molecule has 1 aliphatic rings. The lowest BCUT2D eigenvalue weighted by Gasteiger charge is -2.27. The minimum absolute atomic E-state index is 0.0222. The molecule has 0 aliphatic carbocycles. The van der Waals surface area contributed by atoms with Crippen LogP contribution in [0.2, 0.25) is 0 Å². The van der Waals surface area contributed by atoms with Crippen molar-refractivity contribution in [1.82, 2.24) is 31.6 Å². The largest absolute Gasteiger partial charge is 0.370 e. The number of aliphatic imine (C=N–C) groups is 2. The van der Waals surface area contributed by atoms with E-state index in [1.165, 1.54) is 6.92 Å². The Balaban J connectivity index is 1.79. The maximum atomic E-state index is 14.8. The number of hydrogen-bond donors (Lipinski definition) is 12. The highest BCUT2D eigenvalue weighted by Gasteiger charge is 2.36. The Hall–Kier alpha value is -8.18. The summed E-state index contributed by atoms with van der Waals surface area (Å²) >= 11 is 0. The number of aromatic nitrogens is 1. The highest BCUT2D eigenvalue weighted by Crippen LogP contribution is 2.26. The van der Waals surface area contributed by atoms with Gasteiger partial charge in [0.25, 0.3) is 0 Å². The minimum atomic E-state index is -1.69. The van der Waals surface area contributed by atoms with Crippen molar-refractivity contribution >= 4 is 81.5 Å². The molecule has 0 bridgehead atoms. The minimum Gasteiger partial charge on any atom is -0.370 e. The van der Waals surface area contributed by atoms with Crippen molar-refractivity contribution < 1.29 is 47.9 Å². The number of carbonyl (C=O) groups is 10. The van der Waals surface area contributed by atoms with E-state index >= 15 is 0 Å². The predicted octanol–water partition coefficient (Wildman–Crippen LogP) is -0.753. The summed E-state index contributed by atoms with van der Waals surface area (Å²) in [6.07, 6.45) is 0.442. The van der Waals surface area contributed by atoms with Gasteiger partial charge >= 0.3 is 0 Å². The van der Waals surface area contributed by atoms with E-state index in [4.69, 9.17) is 34.4 Å². The molecule has 2 heterocycles. The van der Waals surface area contributed by atoms with Gasteiger partial charge in [-0.3, -0.25) is 57.9 Å². The molecule has 1 aliphatic heterocycles. The van der Waals surface area contributed by atoms with Gasteiger partial charge in [0.05, 0.1) is 12.5 Å². The number of aryl methyl sites for hydroxylation is 1. The average molecular weight is 1060 g/mol. The van der Waals surface area contributed by atoms with Crippen LogP contribution in [-0.2, 0) is 60.8 Å². The number of hydrogen-bond acceptors (Lipinski definition) is 12. The standard InChI is InChI=1S/C52H74N14O10/c1-29-11-3-4-12-31(29)24-41-44(70)25-32(13-9-21-59-51(55)56)43(69)26-33(23-34-28-61-37-16-8-6-15-36(34)37)47(73)63-38(46(54)72)20-19-35(68)14-5-7-17-40(49(75)66-42(27-45(53)71)50(76)65-41)64-48(74)39(62-30(2)67)18-10-22-60-52(57)58/h3-4,6,8,11-12,15-16,28,32-33,38-42,61H,5,7,9-10,13-14,17-27H2,1-2H3,(H2,53,71)(H2,54,72)(H,62,67)(H,63,73)(H,64,74)(H,65,76)(H,66,75)(H4,55,56,59)(H4,57,58,60)/t32-,33-,38+,39+,40+,41-,42+/m1/s1. The van der Waals surface area contributed by atoms with Crippen LogP contribution in [0.4, 0.5) is 0 Å². The second-order valence-electron chi connectivity index (χ2n) is 19.2. The first-order valence-corrected chi connectivity index (χ1v) is 25.4. The molecule has 1 aromatic heterocycles. The van der Waals surface area contributed by atoms with Crippen LogP contribution in [0.15, 0.2) is 64.7 Å². The molecule has 1 saturated heterocycles. The molecule has 0 radical (unpaired) electrons. The lowest BCUT2D eigenvalue weighted by molar-refractivity contribution is -0.136. The molecule has 0 unspecified atom stereocenters. The summed E-state index contributed by atoms with van der Waals surface area (Å²) in [6, 6.07) is 7.50. The average Bonchev–Trinajstić information content (AvgIpc) is 3.76. The lowest BCUT2D eigenvalue weighted by atomic mass is 9.83. The van der Waals surface area contributed by atoms with E-state index in [0.717, 1.165) is 16.5 Å². The van der Waals surface area contributed by atoms with Crippen molar-refractivity contribution in [3.63, 3.8) is 0 Å². The van der Waals surface area contributed by atoms with Crippen LogP contribution in [-0.4, -0.2) is 119 Å². The second-order valence-corrected chi connectivity index (χ2v) is 19.2. The van der Waals surface area contributed by atoms with Gasteiger partial charge in [0, 0.05) is 74.6 Å². The molecular formula is C52H74N14O10. The number of fused-ring (bicyclic) bond motifs is 1. The molecule has 4 rings (SSSR count). The number of nitrogens with two attached hydrogens (primary N) is 6. The van der Waals surface area contributed by atoms with Crippen molar-refractivity contribution in [3.05, 3.63) is 71.4 Å². The number of nitrogens with zero attached hydrogens (tertiary/aromatic N) is 2. The predicted molar refractivity (Wildman–Crippen MR) is 284 cm³/mol. The zero-order chi connectivity index (χ0) is 55.9. The highest BCUT2D eigenvalue weighted by atomic mass is 16.2. The quantitative estimate of drug-likeness (QED) is 0.0424. The Labute approximate surface area is 440 Å². The lowest BCUT2D eigenvalue weighted by Crippen LogP contribution is -2.58. The van der Waals surface area contributed by atoms with Gasteiger partial charge in [-0.1, -0.05) is 48.9 Å². The number of H-pyrrole nitrogens is 1. The van der Waals surface area contributed by atoms with E-state index in [1.807, 2.05) is 24.3 Å². The van der Waals surface area contributed by atoms with Crippen LogP contribution in [0.1, 0.15) is 107 Å². The van der Waals surface area contributed by atoms with E-state index in [1.54, 1.807) is 37.4 Å². The summed E-state index contributed by atoms with van der Waals surface area (Å²) in [4.78, 5) is 149. The number of guanidine groups is 2. The smallest absolute Gasteiger partial charge is 0.243 e. The van der Waals surface area contributed by atoms with Gasteiger partial charge in [-0.25, -0.2) is 0 Å². The number of benzene rings is 2. The Kier molecular flexibility index (Phi) is 24.0. The summed E-state index contributed by atoms with van der Waals surface area (Å²) in [7, 11) is 0. The maximum absolute atomic E-state index is 14.8. The first-order valence-electron chi connectivity index (χ1n) is 25.4. The molecule has 24 heteroatoms. The molecule has 7 atom stereocenters. The molecule has 412 valence electrons. The summed E-state index contributed by atoms with van der Waals surface area (Å²) in [5.74, 6) is -9.82. The van der Waals surface area contributed by atoms with Gasteiger partial charge in [0.1, 0.15) is 35.7 Å². The zero-order valence-electron chi connectivity index (χ0n) is 43.2. The zero-order valence-corrected chi connectivity index (χ0v) is 43.2. The van der Waals surface area contributed by atoms with Crippen LogP contribution in [0.5, 0.6) is 0 Å². The van der Waals surface area contributed by atoms with Crippen molar-refractivity contribution in [2.75, 3.05) is 13.1 Å². The van der Waals surface area contributed by atoms with E-state index < -0.39 is 114 Å². The van der Waals surface area contributed by atoms with Gasteiger partial charge in [-0.15, -0.1) is 0 Å². The Morgan fingerprint density at radius 2 is 1.36 bits per heavy atom. The van der Waals surface area contributed by atoms with Gasteiger partial charge in [0.2, 0.25) is 41.4 Å². The van der Waals surface area contributed by atoms with E-state index in [-0.39, 0.29) is 108 Å². The number of para-hydroxylation sites is 1. The van der Waals surface area contributed by atoms with Crippen molar-refractivity contribution in [3.8, 4) is 0 Å². The van der Waals surface area contributed by atoms with Gasteiger partial charge in [-0.2, -0.15) is 0 Å². The third kappa shape index (κ3) is 20.3. The van der Waals surface area contributed by atoms with Gasteiger partial charge in [-0.05, 0) is 87.5 Å². The van der Waals surface area contributed by atoms with Crippen molar-refractivity contribution in [2.45, 2.75) is 140 Å². The third-order valence-electron chi connectivity index (χ3n) is 13.1.